The minimum atomic E-state index is 0.0159. The van der Waals surface area contributed by atoms with Crippen LogP contribution in [0.25, 0.3) is 11.1 Å². The van der Waals surface area contributed by atoms with Gasteiger partial charge >= 0.3 is 0 Å². The number of aliphatic hydroxyl groups is 1. The van der Waals surface area contributed by atoms with E-state index in [2.05, 4.69) is 55.6 Å². The van der Waals surface area contributed by atoms with E-state index in [1.165, 1.54) is 11.1 Å². The molecule has 2 aromatic carbocycles. The molecular weight excluding hydrogens is 246 g/mol. The third-order valence-corrected chi connectivity index (χ3v) is 3.38. The second-order valence-electron chi connectivity index (χ2n) is 5.53. The minimum absolute atomic E-state index is 0.0159. The van der Waals surface area contributed by atoms with E-state index in [1.54, 1.807) is 0 Å². The Hall–Kier alpha value is -1.64. The van der Waals surface area contributed by atoms with Gasteiger partial charge in [0.25, 0.3) is 0 Å². The number of rotatable bonds is 6. The Morgan fingerprint density at radius 2 is 1.50 bits per heavy atom. The fourth-order valence-electron chi connectivity index (χ4n) is 2.20. The first kappa shape index (κ1) is 14.8. The summed E-state index contributed by atoms with van der Waals surface area (Å²) in [5.41, 5.74) is 3.55. The van der Waals surface area contributed by atoms with Crippen LogP contribution < -0.4 is 5.32 Å². The Morgan fingerprint density at radius 3 is 2.05 bits per heavy atom. The predicted molar refractivity (Wildman–Crippen MR) is 84.5 cm³/mol. The van der Waals surface area contributed by atoms with Crippen LogP contribution in [0, 0.1) is 5.92 Å². The molecule has 1 atom stereocenters. The Bertz CT molecular complexity index is 505. The lowest BCUT2D eigenvalue weighted by Gasteiger charge is -2.18. The van der Waals surface area contributed by atoms with Crippen LogP contribution in [0.5, 0.6) is 0 Å². The highest BCUT2D eigenvalue weighted by Crippen LogP contribution is 2.21. The smallest absolute Gasteiger partial charge is 0.0626 e. The molecule has 0 aromatic heterocycles. The van der Waals surface area contributed by atoms with Gasteiger partial charge in [-0.05, 0) is 29.2 Å². The van der Waals surface area contributed by atoms with Gasteiger partial charge in [0.15, 0.2) is 0 Å². The van der Waals surface area contributed by atoms with Gasteiger partial charge in [0.05, 0.1) is 12.6 Å². The van der Waals surface area contributed by atoms with E-state index >= 15 is 0 Å². The van der Waals surface area contributed by atoms with Crippen LogP contribution in [0.3, 0.4) is 0 Å². The molecule has 2 aromatic rings. The fourth-order valence-corrected chi connectivity index (χ4v) is 2.20. The zero-order valence-corrected chi connectivity index (χ0v) is 12.2. The van der Waals surface area contributed by atoms with Crippen molar-refractivity contribution in [1.29, 1.82) is 0 Å². The fraction of sp³-hybridized carbons (Fsp3) is 0.333. The van der Waals surface area contributed by atoms with Gasteiger partial charge in [0, 0.05) is 0 Å². The molecule has 0 radical (unpaired) electrons. The molecule has 2 nitrogen and oxygen atoms in total. The number of aliphatic hydroxyl groups excluding tert-OH is 1. The molecule has 0 saturated carbocycles. The summed E-state index contributed by atoms with van der Waals surface area (Å²) >= 11 is 0. The van der Waals surface area contributed by atoms with Gasteiger partial charge in [0.1, 0.15) is 0 Å². The van der Waals surface area contributed by atoms with E-state index in [0.717, 1.165) is 12.1 Å². The maximum atomic E-state index is 9.52. The van der Waals surface area contributed by atoms with Crippen LogP contribution in [-0.4, -0.2) is 18.3 Å². The van der Waals surface area contributed by atoms with Crippen molar-refractivity contribution >= 4 is 0 Å². The summed E-state index contributed by atoms with van der Waals surface area (Å²) in [6, 6.07) is 18.8. The summed E-state index contributed by atoms with van der Waals surface area (Å²) in [5.74, 6) is 0.577. The molecule has 0 saturated heterocycles. The van der Waals surface area contributed by atoms with E-state index in [9.17, 15) is 5.11 Å². The second kappa shape index (κ2) is 7.22. The van der Waals surface area contributed by atoms with Crippen LogP contribution >= 0.6 is 0 Å². The lowest BCUT2D eigenvalue weighted by Crippen LogP contribution is -2.27. The highest BCUT2D eigenvalue weighted by molar-refractivity contribution is 5.63. The number of nitrogens with one attached hydrogen (secondary N) is 1. The Labute approximate surface area is 121 Å². The van der Waals surface area contributed by atoms with Crippen molar-refractivity contribution < 1.29 is 5.11 Å². The first-order valence-electron chi connectivity index (χ1n) is 7.20. The standard InChI is InChI=1S/C18H23NO/c1-14(2)12-19-18(13-20)17-10-8-16(9-11-17)15-6-4-3-5-7-15/h3-11,14,18-20H,12-13H2,1-2H3. The lowest BCUT2D eigenvalue weighted by atomic mass is 10.0. The average Bonchev–Trinajstić information content (AvgIpc) is 2.49. The van der Waals surface area contributed by atoms with E-state index < -0.39 is 0 Å². The van der Waals surface area contributed by atoms with Crippen LogP contribution in [-0.2, 0) is 0 Å². The molecule has 0 aliphatic rings. The first-order valence-corrected chi connectivity index (χ1v) is 7.20. The SMILES string of the molecule is CC(C)CNC(CO)c1ccc(-c2ccccc2)cc1. The van der Waals surface area contributed by atoms with Gasteiger partial charge in [0.2, 0.25) is 0 Å². The lowest BCUT2D eigenvalue weighted by molar-refractivity contribution is 0.241. The predicted octanol–water partition coefficient (Wildman–Crippen LogP) is 3.63. The average molecular weight is 269 g/mol. The number of hydrogen-bond donors (Lipinski definition) is 2. The third kappa shape index (κ3) is 3.92. The normalized spacial score (nSPS) is 12.6. The minimum Gasteiger partial charge on any atom is -0.394 e. The quantitative estimate of drug-likeness (QED) is 0.839. The second-order valence-corrected chi connectivity index (χ2v) is 5.53. The molecule has 0 spiro atoms. The third-order valence-electron chi connectivity index (χ3n) is 3.38. The summed E-state index contributed by atoms with van der Waals surface area (Å²) in [6.45, 7) is 5.36. The number of hydrogen-bond acceptors (Lipinski definition) is 2. The van der Waals surface area contributed by atoms with Crippen LogP contribution in [0.15, 0.2) is 54.6 Å². The summed E-state index contributed by atoms with van der Waals surface area (Å²) < 4.78 is 0. The monoisotopic (exact) mass is 269 g/mol. The zero-order valence-electron chi connectivity index (χ0n) is 12.2. The van der Waals surface area contributed by atoms with Gasteiger partial charge in [-0.1, -0.05) is 68.4 Å². The largest absolute Gasteiger partial charge is 0.394 e. The van der Waals surface area contributed by atoms with Gasteiger partial charge in [-0.3, -0.25) is 0 Å². The van der Waals surface area contributed by atoms with E-state index in [0.29, 0.717) is 5.92 Å². The molecule has 106 valence electrons. The molecule has 0 bridgehead atoms. The summed E-state index contributed by atoms with van der Waals surface area (Å²) in [6.07, 6.45) is 0. The maximum Gasteiger partial charge on any atom is 0.0626 e. The summed E-state index contributed by atoms with van der Waals surface area (Å²) in [5, 5.41) is 12.9. The molecule has 0 amide bonds. The van der Waals surface area contributed by atoms with Crippen molar-refractivity contribution in [3.8, 4) is 11.1 Å². The van der Waals surface area contributed by atoms with Crippen molar-refractivity contribution in [1.82, 2.24) is 5.32 Å². The van der Waals surface area contributed by atoms with Crippen LogP contribution in [0.4, 0.5) is 0 Å². The van der Waals surface area contributed by atoms with Crippen molar-refractivity contribution in [2.24, 2.45) is 5.92 Å². The molecule has 2 N–H and O–H groups in total. The molecule has 1 unspecified atom stereocenters. The van der Waals surface area contributed by atoms with Crippen molar-refractivity contribution in [2.75, 3.05) is 13.2 Å². The van der Waals surface area contributed by atoms with E-state index in [4.69, 9.17) is 0 Å². The first-order chi connectivity index (χ1) is 9.70. The topological polar surface area (TPSA) is 32.3 Å². The van der Waals surface area contributed by atoms with Gasteiger partial charge in [-0.25, -0.2) is 0 Å². The molecule has 2 rings (SSSR count). The Kier molecular flexibility index (Phi) is 5.33. The van der Waals surface area contributed by atoms with Crippen LogP contribution in [0.2, 0.25) is 0 Å². The van der Waals surface area contributed by atoms with Gasteiger partial charge in [-0.15, -0.1) is 0 Å². The Morgan fingerprint density at radius 1 is 0.900 bits per heavy atom. The van der Waals surface area contributed by atoms with Crippen molar-refractivity contribution in [2.45, 2.75) is 19.9 Å². The van der Waals surface area contributed by atoms with Crippen molar-refractivity contribution in [3.05, 3.63) is 60.2 Å². The van der Waals surface area contributed by atoms with Gasteiger partial charge in [-0.2, -0.15) is 0 Å². The molecule has 0 aliphatic carbocycles. The highest BCUT2D eigenvalue weighted by Gasteiger charge is 2.10. The molecule has 2 heteroatoms. The van der Waals surface area contributed by atoms with Gasteiger partial charge < -0.3 is 10.4 Å². The molecule has 0 fully saturated rings. The van der Waals surface area contributed by atoms with Crippen molar-refractivity contribution in [3.63, 3.8) is 0 Å². The van der Waals surface area contributed by atoms with Crippen LogP contribution in [0.1, 0.15) is 25.5 Å². The zero-order chi connectivity index (χ0) is 14.4. The molecular formula is C18H23NO. The summed E-state index contributed by atoms with van der Waals surface area (Å²) in [4.78, 5) is 0. The summed E-state index contributed by atoms with van der Waals surface area (Å²) in [7, 11) is 0. The highest BCUT2D eigenvalue weighted by atomic mass is 16.3. The maximum absolute atomic E-state index is 9.52. The van der Waals surface area contributed by atoms with E-state index in [-0.39, 0.29) is 12.6 Å². The Balaban J connectivity index is 2.10. The van der Waals surface area contributed by atoms with E-state index in [1.807, 2.05) is 18.2 Å². The number of benzene rings is 2. The molecule has 0 heterocycles. The molecule has 20 heavy (non-hydrogen) atoms. The molecule has 0 aliphatic heterocycles.